The van der Waals surface area contributed by atoms with Gasteiger partial charge < -0.3 is 9.47 Å². The van der Waals surface area contributed by atoms with Gasteiger partial charge in [-0.2, -0.15) is 0 Å². The zero-order valence-electron chi connectivity index (χ0n) is 33.4. The van der Waals surface area contributed by atoms with E-state index in [1.165, 1.54) is 66.3 Å². The SMILES string of the molecule is C=C/C=C(\C=C)c1ccc(N(c2ccc(-n3c4cc(-c5ccccc5)ccc4c4ccc(-c5ccccc5)cc43)cc2)c2ccc3c(c2)-c2ccccc2C3(C)C)cc1. The van der Waals surface area contributed by atoms with Gasteiger partial charge in [0.15, 0.2) is 0 Å². The molecule has 10 rings (SSSR count). The second kappa shape index (κ2) is 14.5. The van der Waals surface area contributed by atoms with Crippen molar-refractivity contribution in [1.82, 2.24) is 4.57 Å². The second-order valence-electron chi connectivity index (χ2n) is 15.9. The normalized spacial score (nSPS) is 12.9. The van der Waals surface area contributed by atoms with E-state index in [4.69, 9.17) is 0 Å². The number of rotatable bonds is 9. The summed E-state index contributed by atoms with van der Waals surface area (Å²) >= 11 is 0. The van der Waals surface area contributed by atoms with E-state index < -0.39 is 0 Å². The third-order valence-corrected chi connectivity index (χ3v) is 12.1. The molecule has 0 saturated heterocycles. The van der Waals surface area contributed by atoms with Crippen molar-refractivity contribution < 1.29 is 0 Å². The van der Waals surface area contributed by atoms with E-state index in [2.05, 4.69) is 225 Å². The van der Waals surface area contributed by atoms with Crippen molar-refractivity contribution in [2.24, 2.45) is 0 Å². The molecule has 0 N–H and O–H groups in total. The van der Waals surface area contributed by atoms with Crippen molar-refractivity contribution in [1.29, 1.82) is 0 Å². The molecular weight excluding hydrogens is 713 g/mol. The first-order valence-electron chi connectivity index (χ1n) is 20.3. The van der Waals surface area contributed by atoms with Crippen molar-refractivity contribution in [2.75, 3.05) is 4.90 Å². The number of fused-ring (bicyclic) bond motifs is 6. The van der Waals surface area contributed by atoms with E-state index in [9.17, 15) is 0 Å². The molecule has 1 aromatic heterocycles. The van der Waals surface area contributed by atoms with E-state index in [-0.39, 0.29) is 5.41 Å². The number of allylic oxidation sites excluding steroid dienone is 4. The van der Waals surface area contributed by atoms with Crippen LogP contribution in [0.25, 0.3) is 66.4 Å². The molecule has 8 aromatic carbocycles. The molecule has 2 heteroatoms. The van der Waals surface area contributed by atoms with E-state index >= 15 is 0 Å². The van der Waals surface area contributed by atoms with Gasteiger partial charge in [0, 0.05) is 38.9 Å². The van der Waals surface area contributed by atoms with Gasteiger partial charge in [-0.3, -0.25) is 0 Å². The van der Waals surface area contributed by atoms with Crippen LogP contribution < -0.4 is 4.90 Å². The molecule has 1 heterocycles. The van der Waals surface area contributed by atoms with Crippen LogP contribution >= 0.6 is 0 Å². The van der Waals surface area contributed by atoms with Crippen molar-refractivity contribution in [2.45, 2.75) is 19.3 Å². The predicted molar refractivity (Wildman–Crippen MR) is 252 cm³/mol. The number of hydrogen-bond donors (Lipinski definition) is 0. The minimum atomic E-state index is -0.0692. The molecule has 0 spiro atoms. The Bertz CT molecular complexity index is 2970. The summed E-state index contributed by atoms with van der Waals surface area (Å²) in [5.41, 5.74) is 18.9. The standard InChI is InChI=1S/C57H44N2/c1-5-15-39(6-2)42-22-26-45(27-23-42)58(48-32-35-54-52(38-48)49-20-13-14-21-53(49)57(54,3)4)46-28-30-47(31-29-46)59-55-36-43(40-16-9-7-10-17-40)24-33-50(55)51-34-25-44(37-56(51)59)41-18-11-8-12-19-41/h5-38H,1-2H2,3-4H3/b39-15+. The third-order valence-electron chi connectivity index (χ3n) is 12.1. The quantitative estimate of drug-likeness (QED) is 0.133. The Balaban J connectivity index is 1.14. The monoisotopic (exact) mass is 756 g/mol. The number of aromatic nitrogens is 1. The first-order valence-corrected chi connectivity index (χ1v) is 20.3. The number of anilines is 3. The van der Waals surface area contributed by atoms with Crippen molar-refractivity contribution in [3.05, 3.63) is 236 Å². The van der Waals surface area contributed by atoms with Crippen molar-refractivity contribution >= 4 is 44.4 Å². The minimum Gasteiger partial charge on any atom is -0.310 e. The fourth-order valence-electron chi connectivity index (χ4n) is 9.17. The molecule has 59 heavy (non-hydrogen) atoms. The maximum Gasteiger partial charge on any atom is 0.0547 e. The van der Waals surface area contributed by atoms with Gasteiger partial charge in [-0.1, -0.05) is 173 Å². The average molecular weight is 757 g/mol. The fraction of sp³-hybridized carbons (Fsp3) is 0.0526. The van der Waals surface area contributed by atoms with Gasteiger partial charge in [0.2, 0.25) is 0 Å². The van der Waals surface area contributed by atoms with E-state index in [1.54, 1.807) is 0 Å². The van der Waals surface area contributed by atoms with Gasteiger partial charge in [0.25, 0.3) is 0 Å². The summed E-state index contributed by atoms with van der Waals surface area (Å²) in [5, 5.41) is 2.46. The highest BCUT2D eigenvalue weighted by Crippen LogP contribution is 2.50. The van der Waals surface area contributed by atoms with Crippen LogP contribution in [0, 0.1) is 0 Å². The van der Waals surface area contributed by atoms with Gasteiger partial charge in [-0.15, -0.1) is 0 Å². The molecule has 0 unspecified atom stereocenters. The molecule has 0 atom stereocenters. The summed E-state index contributed by atoms with van der Waals surface area (Å²) in [6.07, 6.45) is 5.69. The van der Waals surface area contributed by atoms with E-state index in [0.717, 1.165) is 33.9 Å². The minimum absolute atomic E-state index is 0.0692. The lowest BCUT2D eigenvalue weighted by atomic mass is 9.82. The first kappa shape index (κ1) is 36.0. The maximum atomic E-state index is 4.05. The van der Waals surface area contributed by atoms with Crippen LogP contribution in [-0.4, -0.2) is 4.57 Å². The molecule has 0 fully saturated rings. The lowest BCUT2D eigenvalue weighted by Gasteiger charge is -2.27. The molecule has 0 saturated carbocycles. The molecular formula is C57H44N2. The van der Waals surface area contributed by atoms with Crippen LogP contribution in [0.3, 0.4) is 0 Å². The number of hydrogen-bond acceptors (Lipinski definition) is 1. The average Bonchev–Trinajstić information content (AvgIpc) is 3.73. The van der Waals surface area contributed by atoms with Gasteiger partial charge in [0.1, 0.15) is 0 Å². The Morgan fingerprint density at radius 3 is 1.59 bits per heavy atom. The Morgan fingerprint density at radius 1 is 0.492 bits per heavy atom. The van der Waals surface area contributed by atoms with Crippen LogP contribution in [0.15, 0.2) is 219 Å². The van der Waals surface area contributed by atoms with Crippen LogP contribution in [0.1, 0.15) is 30.5 Å². The van der Waals surface area contributed by atoms with Crippen molar-refractivity contribution in [3.8, 4) is 39.1 Å². The Morgan fingerprint density at radius 2 is 1.02 bits per heavy atom. The zero-order valence-corrected chi connectivity index (χ0v) is 33.4. The van der Waals surface area contributed by atoms with Crippen LogP contribution in [-0.2, 0) is 5.41 Å². The molecule has 9 aromatic rings. The van der Waals surface area contributed by atoms with Gasteiger partial charge in [-0.05, 0) is 116 Å². The molecule has 1 aliphatic carbocycles. The summed E-state index contributed by atoms with van der Waals surface area (Å²) in [6, 6.07) is 68.7. The molecule has 0 radical (unpaired) electrons. The van der Waals surface area contributed by atoms with Gasteiger partial charge in [-0.25, -0.2) is 0 Å². The molecule has 0 bridgehead atoms. The Kier molecular flexibility index (Phi) is 8.84. The molecule has 0 amide bonds. The Labute approximate surface area is 347 Å². The van der Waals surface area contributed by atoms with Crippen LogP contribution in [0.4, 0.5) is 17.1 Å². The summed E-state index contributed by atoms with van der Waals surface area (Å²) in [5.74, 6) is 0. The molecule has 282 valence electrons. The van der Waals surface area contributed by atoms with Crippen molar-refractivity contribution in [3.63, 3.8) is 0 Å². The largest absolute Gasteiger partial charge is 0.310 e. The summed E-state index contributed by atoms with van der Waals surface area (Å²) < 4.78 is 2.43. The topological polar surface area (TPSA) is 8.17 Å². The second-order valence-corrected chi connectivity index (χ2v) is 15.9. The van der Waals surface area contributed by atoms with Gasteiger partial charge in [0.05, 0.1) is 11.0 Å². The predicted octanol–water partition coefficient (Wildman–Crippen LogP) is 15.6. The van der Waals surface area contributed by atoms with Crippen LogP contribution in [0.5, 0.6) is 0 Å². The summed E-state index contributed by atoms with van der Waals surface area (Å²) in [7, 11) is 0. The summed E-state index contributed by atoms with van der Waals surface area (Å²) in [6.45, 7) is 12.6. The fourth-order valence-corrected chi connectivity index (χ4v) is 9.17. The molecule has 0 aliphatic heterocycles. The maximum absolute atomic E-state index is 4.05. The first-order chi connectivity index (χ1) is 28.9. The van der Waals surface area contributed by atoms with E-state index in [1.807, 2.05) is 18.2 Å². The summed E-state index contributed by atoms with van der Waals surface area (Å²) in [4.78, 5) is 2.37. The molecule has 1 aliphatic rings. The van der Waals surface area contributed by atoms with E-state index in [0.29, 0.717) is 0 Å². The smallest absolute Gasteiger partial charge is 0.0547 e. The highest BCUT2D eigenvalue weighted by molar-refractivity contribution is 6.11. The lowest BCUT2D eigenvalue weighted by molar-refractivity contribution is 0.660. The number of benzene rings is 8. The zero-order chi connectivity index (χ0) is 40.1. The highest BCUT2D eigenvalue weighted by Gasteiger charge is 2.35. The number of nitrogens with zero attached hydrogens (tertiary/aromatic N) is 2. The molecule has 2 nitrogen and oxygen atoms in total. The highest BCUT2D eigenvalue weighted by atomic mass is 15.1. The Hall–Kier alpha value is -7.42. The lowest BCUT2D eigenvalue weighted by Crippen LogP contribution is -2.15. The van der Waals surface area contributed by atoms with Gasteiger partial charge >= 0.3 is 0 Å². The van der Waals surface area contributed by atoms with Crippen LogP contribution in [0.2, 0.25) is 0 Å². The third kappa shape index (κ3) is 6.13.